The van der Waals surface area contributed by atoms with Gasteiger partial charge in [0.25, 0.3) is 5.56 Å². The third-order valence-electron chi connectivity index (χ3n) is 3.58. The first-order valence-electron chi connectivity index (χ1n) is 7.69. The molecule has 24 heavy (non-hydrogen) atoms. The Morgan fingerprint density at radius 3 is 2.71 bits per heavy atom. The summed E-state index contributed by atoms with van der Waals surface area (Å²) >= 11 is 1.18. The number of aryl methyl sites for hydroxylation is 1. The van der Waals surface area contributed by atoms with Crippen LogP contribution < -0.4 is 10.9 Å². The SMILES string of the molecule is Cc1nc(SCC(=O)NC(C)c2ccccc2)[nH]c(=O)c1CCO. The van der Waals surface area contributed by atoms with Gasteiger partial charge < -0.3 is 15.4 Å². The molecule has 1 atom stereocenters. The van der Waals surface area contributed by atoms with Crippen molar-refractivity contribution in [1.82, 2.24) is 15.3 Å². The van der Waals surface area contributed by atoms with Crippen molar-refractivity contribution in [3.05, 3.63) is 57.5 Å². The van der Waals surface area contributed by atoms with Crippen LogP contribution in [0.5, 0.6) is 0 Å². The van der Waals surface area contributed by atoms with E-state index >= 15 is 0 Å². The van der Waals surface area contributed by atoms with Gasteiger partial charge in [-0.25, -0.2) is 4.98 Å². The van der Waals surface area contributed by atoms with Gasteiger partial charge in [-0.05, 0) is 19.4 Å². The Morgan fingerprint density at radius 2 is 2.08 bits per heavy atom. The predicted octanol–water partition coefficient (Wildman–Crippen LogP) is 1.58. The average Bonchev–Trinajstić information content (AvgIpc) is 2.57. The van der Waals surface area contributed by atoms with Gasteiger partial charge in [-0.3, -0.25) is 9.59 Å². The summed E-state index contributed by atoms with van der Waals surface area (Å²) in [5, 5.41) is 12.3. The van der Waals surface area contributed by atoms with Gasteiger partial charge >= 0.3 is 0 Å². The summed E-state index contributed by atoms with van der Waals surface area (Å²) < 4.78 is 0. The molecule has 0 spiro atoms. The Labute approximate surface area is 144 Å². The van der Waals surface area contributed by atoms with E-state index in [1.165, 1.54) is 11.8 Å². The van der Waals surface area contributed by atoms with Crippen molar-refractivity contribution in [3.63, 3.8) is 0 Å². The number of nitrogens with one attached hydrogen (secondary N) is 2. The summed E-state index contributed by atoms with van der Waals surface area (Å²) in [6.07, 6.45) is 0.272. The molecule has 0 aliphatic heterocycles. The molecule has 1 amide bonds. The number of carbonyl (C=O) groups excluding carboxylic acids is 1. The van der Waals surface area contributed by atoms with E-state index in [4.69, 9.17) is 5.11 Å². The third kappa shape index (κ3) is 4.94. The van der Waals surface area contributed by atoms with Crippen LogP contribution in [0.15, 0.2) is 40.3 Å². The first kappa shape index (κ1) is 18.2. The van der Waals surface area contributed by atoms with Crippen molar-refractivity contribution in [3.8, 4) is 0 Å². The van der Waals surface area contributed by atoms with E-state index in [1.807, 2.05) is 37.3 Å². The zero-order valence-corrected chi connectivity index (χ0v) is 14.5. The molecule has 2 aromatic rings. The Bertz CT molecular complexity index is 746. The van der Waals surface area contributed by atoms with Crippen molar-refractivity contribution in [1.29, 1.82) is 0 Å². The van der Waals surface area contributed by atoms with Crippen LogP contribution in [0.25, 0.3) is 0 Å². The van der Waals surface area contributed by atoms with Crippen molar-refractivity contribution >= 4 is 17.7 Å². The highest BCUT2D eigenvalue weighted by Crippen LogP contribution is 2.15. The Kier molecular flexibility index (Phi) is 6.57. The van der Waals surface area contributed by atoms with Crippen molar-refractivity contribution < 1.29 is 9.90 Å². The molecule has 0 saturated carbocycles. The van der Waals surface area contributed by atoms with Gasteiger partial charge in [-0.1, -0.05) is 42.1 Å². The Morgan fingerprint density at radius 1 is 1.38 bits per heavy atom. The van der Waals surface area contributed by atoms with E-state index in [1.54, 1.807) is 6.92 Å². The van der Waals surface area contributed by atoms with Crippen molar-refractivity contribution in [2.75, 3.05) is 12.4 Å². The lowest BCUT2D eigenvalue weighted by atomic mass is 10.1. The first-order chi connectivity index (χ1) is 11.5. The largest absolute Gasteiger partial charge is 0.396 e. The van der Waals surface area contributed by atoms with Gasteiger partial charge in [0.2, 0.25) is 5.91 Å². The van der Waals surface area contributed by atoms with Gasteiger partial charge in [0.15, 0.2) is 5.16 Å². The first-order valence-corrected chi connectivity index (χ1v) is 8.67. The van der Waals surface area contributed by atoms with Crippen LogP contribution in [0.3, 0.4) is 0 Å². The van der Waals surface area contributed by atoms with E-state index < -0.39 is 0 Å². The number of hydrogen-bond donors (Lipinski definition) is 3. The lowest BCUT2D eigenvalue weighted by molar-refractivity contribution is -0.119. The highest BCUT2D eigenvalue weighted by molar-refractivity contribution is 7.99. The second-order valence-corrected chi connectivity index (χ2v) is 6.36. The molecule has 0 fully saturated rings. The van der Waals surface area contributed by atoms with E-state index in [2.05, 4.69) is 15.3 Å². The minimum absolute atomic E-state index is 0.0834. The van der Waals surface area contributed by atoms with Gasteiger partial charge in [-0.2, -0.15) is 0 Å². The number of aromatic amines is 1. The van der Waals surface area contributed by atoms with Gasteiger partial charge in [-0.15, -0.1) is 0 Å². The number of hydrogen-bond acceptors (Lipinski definition) is 5. The molecule has 0 aliphatic rings. The van der Waals surface area contributed by atoms with Crippen molar-refractivity contribution in [2.24, 2.45) is 0 Å². The number of nitrogens with zero attached hydrogens (tertiary/aromatic N) is 1. The van der Waals surface area contributed by atoms with Crippen LogP contribution in [0, 0.1) is 6.92 Å². The number of rotatable bonds is 7. The second-order valence-electron chi connectivity index (χ2n) is 5.40. The molecule has 0 aliphatic carbocycles. The van der Waals surface area contributed by atoms with E-state index in [0.717, 1.165) is 5.56 Å². The van der Waals surface area contributed by atoms with Crippen LogP contribution in [-0.4, -0.2) is 33.3 Å². The number of H-pyrrole nitrogens is 1. The normalized spacial score (nSPS) is 12.0. The highest BCUT2D eigenvalue weighted by atomic mass is 32.2. The second kappa shape index (κ2) is 8.65. The molecule has 7 heteroatoms. The fourth-order valence-corrected chi connectivity index (χ4v) is 3.02. The number of amides is 1. The summed E-state index contributed by atoms with van der Waals surface area (Å²) in [5.41, 5.74) is 1.82. The minimum Gasteiger partial charge on any atom is -0.396 e. The van der Waals surface area contributed by atoms with Crippen molar-refractivity contribution in [2.45, 2.75) is 31.5 Å². The maximum absolute atomic E-state index is 12.1. The van der Waals surface area contributed by atoms with E-state index in [-0.39, 0.29) is 36.3 Å². The topological polar surface area (TPSA) is 95.1 Å². The van der Waals surface area contributed by atoms with Gasteiger partial charge in [0, 0.05) is 24.3 Å². The number of aliphatic hydroxyl groups is 1. The molecule has 1 heterocycles. The predicted molar refractivity (Wildman–Crippen MR) is 94.1 cm³/mol. The third-order valence-corrected chi connectivity index (χ3v) is 4.45. The summed E-state index contributed by atoms with van der Waals surface area (Å²) in [7, 11) is 0. The number of benzene rings is 1. The minimum atomic E-state index is -0.267. The van der Waals surface area contributed by atoms with Crippen LogP contribution >= 0.6 is 11.8 Å². The Hall–Kier alpha value is -2.12. The van der Waals surface area contributed by atoms with E-state index in [9.17, 15) is 9.59 Å². The summed E-state index contributed by atoms with van der Waals surface area (Å²) in [4.78, 5) is 30.9. The number of aliphatic hydroxyl groups excluding tert-OH is 1. The van der Waals surface area contributed by atoms with Crippen LogP contribution in [0.4, 0.5) is 0 Å². The fraction of sp³-hybridized carbons (Fsp3) is 0.353. The molecular formula is C17H21N3O3S. The van der Waals surface area contributed by atoms with Crippen LogP contribution in [-0.2, 0) is 11.2 Å². The molecule has 0 bridgehead atoms. The summed E-state index contributed by atoms with van der Waals surface area (Å²) in [6, 6.07) is 9.62. The molecule has 2 rings (SSSR count). The molecule has 0 radical (unpaired) electrons. The average molecular weight is 347 g/mol. The lowest BCUT2D eigenvalue weighted by Gasteiger charge is -2.14. The summed E-state index contributed by atoms with van der Waals surface area (Å²) in [6.45, 7) is 3.55. The number of aromatic nitrogens is 2. The van der Waals surface area contributed by atoms with Crippen LogP contribution in [0.2, 0.25) is 0 Å². The molecule has 1 unspecified atom stereocenters. The van der Waals surface area contributed by atoms with Crippen LogP contribution in [0.1, 0.15) is 29.8 Å². The molecule has 6 nitrogen and oxygen atoms in total. The lowest BCUT2D eigenvalue weighted by Crippen LogP contribution is -2.28. The molecule has 1 aromatic carbocycles. The number of thioether (sulfide) groups is 1. The maximum atomic E-state index is 12.1. The zero-order chi connectivity index (χ0) is 17.5. The zero-order valence-electron chi connectivity index (χ0n) is 13.7. The molecule has 1 aromatic heterocycles. The highest BCUT2D eigenvalue weighted by Gasteiger charge is 2.12. The Balaban J connectivity index is 1.93. The van der Waals surface area contributed by atoms with Gasteiger partial charge in [0.05, 0.1) is 11.8 Å². The fourth-order valence-electron chi connectivity index (χ4n) is 2.30. The summed E-state index contributed by atoms with van der Waals surface area (Å²) in [5.74, 6) is 0.0370. The molecule has 3 N–H and O–H groups in total. The maximum Gasteiger partial charge on any atom is 0.255 e. The number of carbonyl (C=O) groups is 1. The molecule has 0 saturated heterocycles. The molecule has 128 valence electrons. The smallest absolute Gasteiger partial charge is 0.255 e. The molecular weight excluding hydrogens is 326 g/mol. The van der Waals surface area contributed by atoms with E-state index in [0.29, 0.717) is 16.4 Å². The van der Waals surface area contributed by atoms with Gasteiger partial charge in [0.1, 0.15) is 0 Å². The quantitative estimate of drug-likeness (QED) is 0.522. The monoisotopic (exact) mass is 347 g/mol. The standard InChI is InChI=1S/C17H21N3O3S/c1-11(13-6-4-3-5-7-13)18-15(22)10-24-17-19-12(2)14(8-9-21)16(23)20-17/h3-7,11,21H,8-10H2,1-2H3,(H,18,22)(H,19,20,23).